The van der Waals surface area contributed by atoms with E-state index in [1.165, 1.54) is 6.92 Å². The van der Waals surface area contributed by atoms with Gasteiger partial charge in [0, 0.05) is 12.5 Å². The molecule has 0 amide bonds. The van der Waals surface area contributed by atoms with E-state index >= 15 is 0 Å². The maximum Gasteiger partial charge on any atom is 0.459 e. The first kappa shape index (κ1) is 28.8. The molecule has 4 N–H and O–H groups in total. The minimum Gasteiger partial charge on any atom is -0.462 e. The van der Waals surface area contributed by atoms with E-state index in [9.17, 15) is 9.36 Å². The van der Waals surface area contributed by atoms with Gasteiger partial charge in [-0.3, -0.25) is 13.9 Å². The lowest BCUT2D eigenvalue weighted by Crippen LogP contribution is -2.36. The Bertz CT molecular complexity index is 1350. The van der Waals surface area contributed by atoms with Crippen LogP contribution in [-0.4, -0.2) is 57.4 Å². The molecule has 39 heavy (non-hydrogen) atoms. The number of carbonyl (C=O) groups is 1. The van der Waals surface area contributed by atoms with Crippen LogP contribution in [0.3, 0.4) is 0 Å². The first-order chi connectivity index (χ1) is 18.4. The molecule has 3 heterocycles. The molecule has 0 unspecified atom stereocenters. The Balaban J connectivity index is 1.52. The number of anilines is 2. The molecule has 14 heteroatoms. The van der Waals surface area contributed by atoms with E-state index in [1.54, 1.807) is 57.6 Å². The molecule has 0 saturated carbocycles. The van der Waals surface area contributed by atoms with Crippen molar-refractivity contribution in [3.8, 4) is 5.75 Å². The summed E-state index contributed by atoms with van der Waals surface area (Å²) in [4.78, 5) is 25.4. The highest BCUT2D eigenvalue weighted by molar-refractivity contribution is 7.52. The fourth-order valence-electron chi connectivity index (χ4n) is 4.44. The van der Waals surface area contributed by atoms with Crippen molar-refractivity contribution in [1.82, 2.24) is 24.6 Å². The number of hydrogen-bond donors (Lipinski definition) is 3. The van der Waals surface area contributed by atoms with Crippen LogP contribution in [0.15, 0.2) is 36.7 Å². The van der Waals surface area contributed by atoms with Crippen molar-refractivity contribution in [3.05, 3.63) is 36.7 Å². The highest BCUT2D eigenvalue weighted by atomic mass is 31.2. The predicted molar refractivity (Wildman–Crippen MR) is 146 cm³/mol. The van der Waals surface area contributed by atoms with Gasteiger partial charge < -0.3 is 25.0 Å². The summed E-state index contributed by atoms with van der Waals surface area (Å²) >= 11 is 0. The monoisotopic (exact) mass is 561 g/mol. The molecule has 1 fully saturated rings. The van der Waals surface area contributed by atoms with Gasteiger partial charge in [-0.2, -0.15) is 15.1 Å². The molecule has 1 aliphatic rings. The number of nitrogens with zero attached hydrogens (tertiary/aromatic N) is 4. The van der Waals surface area contributed by atoms with Crippen LogP contribution in [0.2, 0.25) is 0 Å². The first-order valence-electron chi connectivity index (χ1n) is 12.7. The second kappa shape index (κ2) is 11.5. The molecule has 1 aromatic carbocycles. The molecule has 0 aliphatic carbocycles. The van der Waals surface area contributed by atoms with Gasteiger partial charge in [-0.05, 0) is 39.3 Å². The van der Waals surface area contributed by atoms with Gasteiger partial charge in [0.2, 0.25) is 5.95 Å². The van der Waals surface area contributed by atoms with Gasteiger partial charge in [-0.25, -0.2) is 9.55 Å². The third kappa shape index (κ3) is 6.67. The highest BCUT2D eigenvalue weighted by Gasteiger charge is 2.45. The molecule has 1 aliphatic heterocycles. The van der Waals surface area contributed by atoms with Gasteiger partial charge in [-0.15, -0.1) is 0 Å². The quantitative estimate of drug-likeness (QED) is 0.229. The summed E-state index contributed by atoms with van der Waals surface area (Å²) in [6, 6.07) is 7.65. The molecular weight excluding hydrogens is 525 g/mol. The molecule has 13 nitrogen and oxygen atoms in total. The highest BCUT2D eigenvalue weighted by Crippen LogP contribution is 2.49. The Kier molecular flexibility index (Phi) is 8.45. The first-order valence-corrected chi connectivity index (χ1v) is 14.3. The van der Waals surface area contributed by atoms with Crippen molar-refractivity contribution in [2.24, 2.45) is 5.41 Å². The number of nitrogen functional groups attached to an aromatic ring is 1. The largest absolute Gasteiger partial charge is 0.462 e. The van der Waals surface area contributed by atoms with Crippen LogP contribution in [-0.2, 0) is 23.4 Å². The predicted octanol–water partition coefficient (Wildman–Crippen LogP) is 3.90. The van der Waals surface area contributed by atoms with E-state index in [4.69, 9.17) is 24.3 Å². The molecule has 1 saturated heterocycles. The maximum atomic E-state index is 13.8. The van der Waals surface area contributed by atoms with Crippen molar-refractivity contribution in [1.29, 1.82) is 0 Å². The standard InChI is InChI=1S/C25H36N7O6P/c1-15(2)36-22(33)16(3)31-39(34,38-17-10-8-7-9-11-17)35-13-18-12-25(4,5)23(37-18)32-14-28-19-20(27-6)29-24(26)30-21(19)32/h7-11,14-16,18,23H,12-13H2,1-6H3,(H,31,34)(H3,26,27,29,30)/t16-,18-,23+,39-/m0/s1. The van der Waals surface area contributed by atoms with E-state index in [1.807, 2.05) is 4.57 Å². The van der Waals surface area contributed by atoms with Crippen LogP contribution >= 0.6 is 7.75 Å². The number of nitrogens with two attached hydrogens (primary N) is 1. The Morgan fingerprint density at radius 2 is 1.97 bits per heavy atom. The molecule has 2 aromatic heterocycles. The third-order valence-electron chi connectivity index (χ3n) is 6.13. The average molecular weight is 562 g/mol. The summed E-state index contributed by atoms with van der Waals surface area (Å²) in [7, 11) is -2.29. The van der Waals surface area contributed by atoms with Gasteiger partial charge in [0.1, 0.15) is 18.0 Å². The van der Waals surface area contributed by atoms with E-state index in [-0.39, 0.29) is 24.1 Å². The maximum absolute atomic E-state index is 13.8. The summed E-state index contributed by atoms with van der Waals surface area (Å²) in [6.07, 6.45) is 0.984. The van der Waals surface area contributed by atoms with Crippen molar-refractivity contribution < 1.29 is 27.9 Å². The van der Waals surface area contributed by atoms with Crippen molar-refractivity contribution in [2.45, 2.75) is 65.5 Å². The molecule has 0 bridgehead atoms. The lowest BCUT2D eigenvalue weighted by Gasteiger charge is -2.26. The summed E-state index contributed by atoms with van der Waals surface area (Å²) in [6.45, 7) is 9.05. The number of aromatic nitrogens is 4. The lowest BCUT2D eigenvalue weighted by molar-refractivity contribution is -0.149. The van der Waals surface area contributed by atoms with Crippen molar-refractivity contribution in [2.75, 3.05) is 24.7 Å². The smallest absolute Gasteiger partial charge is 0.459 e. The summed E-state index contributed by atoms with van der Waals surface area (Å²) in [5, 5.41) is 5.68. The number of fused-ring (bicyclic) bond motifs is 1. The zero-order chi connectivity index (χ0) is 28.4. The number of rotatable bonds is 11. The van der Waals surface area contributed by atoms with Gasteiger partial charge in [-0.1, -0.05) is 32.0 Å². The Labute approximate surface area is 227 Å². The molecular formula is C25H36N7O6P. The van der Waals surface area contributed by atoms with Crippen molar-refractivity contribution >= 4 is 36.6 Å². The number of carbonyl (C=O) groups excluding carboxylic acids is 1. The average Bonchev–Trinajstić information content (AvgIpc) is 3.41. The number of ether oxygens (including phenoxy) is 2. The number of hydrogen-bond acceptors (Lipinski definition) is 11. The zero-order valence-corrected chi connectivity index (χ0v) is 23.8. The fraction of sp³-hybridized carbons (Fsp3) is 0.520. The normalized spacial score (nSPS) is 21.0. The van der Waals surface area contributed by atoms with Crippen LogP contribution in [0.25, 0.3) is 11.2 Å². The van der Waals surface area contributed by atoms with Crippen molar-refractivity contribution in [3.63, 3.8) is 0 Å². The Morgan fingerprint density at radius 3 is 2.64 bits per heavy atom. The molecule has 0 radical (unpaired) electrons. The second-order valence-corrected chi connectivity index (χ2v) is 12.0. The van der Waals surface area contributed by atoms with Gasteiger partial charge >= 0.3 is 13.7 Å². The minimum absolute atomic E-state index is 0.0610. The molecule has 0 spiro atoms. The zero-order valence-electron chi connectivity index (χ0n) is 23.0. The van der Waals surface area contributed by atoms with Gasteiger partial charge in [0.15, 0.2) is 17.0 Å². The number of imidazole rings is 1. The van der Waals surface area contributed by atoms with Crippen LogP contribution in [0.4, 0.5) is 11.8 Å². The van der Waals surface area contributed by atoms with Gasteiger partial charge in [0.05, 0.1) is 25.1 Å². The Morgan fingerprint density at radius 1 is 1.26 bits per heavy atom. The number of esters is 1. The summed E-state index contributed by atoms with van der Waals surface area (Å²) in [5.74, 6) is 0.380. The summed E-state index contributed by atoms with van der Waals surface area (Å²) in [5.41, 5.74) is 6.65. The van der Waals surface area contributed by atoms with E-state index < -0.39 is 32.1 Å². The number of para-hydroxylation sites is 1. The lowest BCUT2D eigenvalue weighted by atomic mass is 9.87. The Hall–Kier alpha value is -3.25. The van der Waals surface area contributed by atoms with E-state index in [0.717, 1.165) is 0 Å². The SMILES string of the molecule is CNc1nc(N)nc2c1ncn2[C@@H]1O[C@H](CO[P@@](=O)(N[C@@H](C)C(=O)OC(C)C)Oc2ccccc2)CC1(C)C. The third-order valence-corrected chi connectivity index (χ3v) is 7.77. The fourth-order valence-corrected chi connectivity index (χ4v) is 5.96. The minimum atomic E-state index is -4.02. The van der Waals surface area contributed by atoms with Crippen LogP contribution in [0.1, 0.15) is 47.3 Å². The second-order valence-electron chi connectivity index (χ2n) is 10.3. The van der Waals surface area contributed by atoms with Gasteiger partial charge in [0.25, 0.3) is 0 Å². The van der Waals surface area contributed by atoms with E-state index in [2.05, 4.69) is 39.2 Å². The van der Waals surface area contributed by atoms with Crippen LogP contribution < -0.4 is 20.7 Å². The van der Waals surface area contributed by atoms with Crippen LogP contribution in [0, 0.1) is 5.41 Å². The molecule has 4 atom stereocenters. The molecule has 3 aromatic rings. The van der Waals surface area contributed by atoms with Crippen LogP contribution in [0.5, 0.6) is 5.75 Å². The summed E-state index contributed by atoms with van der Waals surface area (Å²) < 4.78 is 38.8. The molecule has 4 rings (SSSR count). The number of nitrogens with one attached hydrogen (secondary N) is 2. The topological polar surface area (TPSA) is 165 Å². The van der Waals surface area contributed by atoms with E-state index in [0.29, 0.717) is 29.2 Å². The molecule has 212 valence electrons. The number of benzene rings is 1.